The zero-order chi connectivity index (χ0) is 42.2. The van der Waals surface area contributed by atoms with Crippen LogP contribution < -0.4 is 0 Å². The van der Waals surface area contributed by atoms with Gasteiger partial charge in [-0.2, -0.15) is 0 Å². The molecule has 1 rings (SSSR count). The molecule has 14 heteroatoms. The second-order valence-corrected chi connectivity index (χ2v) is 17.3. The maximum atomic E-state index is 12.8. The Morgan fingerprint density at radius 1 is 0.526 bits per heavy atom. The number of esters is 2. The molecule has 0 aliphatic heterocycles. The van der Waals surface area contributed by atoms with Crippen LogP contribution in [-0.2, 0) is 32.7 Å². The van der Waals surface area contributed by atoms with E-state index in [4.69, 9.17) is 18.5 Å². The number of hydrogen-bond donors (Lipinski definition) is 6. The molecule has 57 heavy (non-hydrogen) atoms. The largest absolute Gasteiger partial charge is 0.472 e. The first-order chi connectivity index (χ1) is 27.4. The van der Waals surface area contributed by atoms with Gasteiger partial charge in [0.1, 0.15) is 43.2 Å². The Morgan fingerprint density at radius 3 is 1.33 bits per heavy atom. The van der Waals surface area contributed by atoms with Crippen LogP contribution in [0.3, 0.4) is 0 Å². The summed E-state index contributed by atoms with van der Waals surface area (Å²) in [6.45, 7) is 3.29. The van der Waals surface area contributed by atoms with Crippen molar-refractivity contribution >= 4 is 19.8 Å². The molecule has 6 N–H and O–H groups in total. The van der Waals surface area contributed by atoms with E-state index in [1.807, 2.05) is 0 Å². The summed E-state index contributed by atoms with van der Waals surface area (Å²) >= 11 is 0. The smallest absolute Gasteiger partial charge is 0.462 e. The second-order valence-electron chi connectivity index (χ2n) is 15.9. The average molecular weight is 837 g/mol. The Morgan fingerprint density at radius 2 is 0.895 bits per heavy atom. The Kier molecular flexibility index (Phi) is 32.3. The number of phosphoric acid groups is 1. The third-order valence-electron chi connectivity index (χ3n) is 10.6. The van der Waals surface area contributed by atoms with Gasteiger partial charge in [0.2, 0.25) is 0 Å². The summed E-state index contributed by atoms with van der Waals surface area (Å²) in [6, 6.07) is 0. The van der Waals surface area contributed by atoms with Crippen LogP contribution in [-0.4, -0.2) is 98.3 Å². The van der Waals surface area contributed by atoms with Crippen LogP contribution in [0.2, 0.25) is 0 Å². The standard InChI is InChI=1S/C43H81O13P/c1-3-5-7-9-11-13-15-17-18-20-22-24-26-28-30-32-37(45)55-35(34-54-57(51,52)56-43-41(49)39(47)38(46)40(48)42(43)50)33-53-36(44)31-29-27-25-23-21-19-16-14-12-10-8-6-4-2/h17-18,35,38-43,46-50H,3-16,19-34H2,1-2H3,(H,51,52). The third kappa shape index (κ3) is 27.1. The summed E-state index contributed by atoms with van der Waals surface area (Å²) in [6.07, 6.45) is 21.2. The number of carbonyl (C=O) groups is 2. The van der Waals surface area contributed by atoms with E-state index >= 15 is 0 Å². The lowest BCUT2D eigenvalue weighted by Gasteiger charge is -2.41. The minimum Gasteiger partial charge on any atom is -0.462 e. The Labute approximate surface area is 343 Å². The molecular weight excluding hydrogens is 755 g/mol. The molecule has 0 amide bonds. The molecule has 0 spiro atoms. The van der Waals surface area contributed by atoms with E-state index in [-0.39, 0.29) is 12.8 Å². The number of unbranched alkanes of at least 4 members (excludes halogenated alkanes) is 23. The van der Waals surface area contributed by atoms with Crippen LogP contribution in [0, 0.1) is 0 Å². The first-order valence-corrected chi connectivity index (χ1v) is 24.0. The van der Waals surface area contributed by atoms with Gasteiger partial charge in [-0.25, -0.2) is 4.57 Å². The maximum Gasteiger partial charge on any atom is 0.472 e. The van der Waals surface area contributed by atoms with Gasteiger partial charge in [0, 0.05) is 12.8 Å². The molecule has 6 atom stereocenters. The van der Waals surface area contributed by atoms with E-state index in [0.717, 1.165) is 57.8 Å². The number of hydrogen-bond acceptors (Lipinski definition) is 12. The maximum absolute atomic E-state index is 12.8. The molecule has 0 heterocycles. The van der Waals surface area contributed by atoms with E-state index in [2.05, 4.69) is 26.0 Å². The van der Waals surface area contributed by atoms with Gasteiger partial charge in [0.15, 0.2) is 6.10 Å². The fraction of sp³-hybridized carbons (Fsp3) is 0.907. The molecular formula is C43H81O13P. The normalized spacial score (nSPS) is 22.7. The zero-order valence-corrected chi connectivity index (χ0v) is 36.3. The summed E-state index contributed by atoms with van der Waals surface area (Å²) in [5.74, 6) is -1.10. The summed E-state index contributed by atoms with van der Waals surface area (Å²) < 4.78 is 33.5. The molecule has 0 aromatic rings. The fourth-order valence-corrected chi connectivity index (χ4v) is 7.90. The quantitative estimate of drug-likeness (QED) is 0.0151. The van der Waals surface area contributed by atoms with Crippen LogP contribution in [0.25, 0.3) is 0 Å². The Bertz CT molecular complexity index is 1060. The van der Waals surface area contributed by atoms with Crippen LogP contribution in [0.1, 0.15) is 194 Å². The van der Waals surface area contributed by atoms with E-state index < -0.39 is 75.7 Å². The van der Waals surface area contributed by atoms with Gasteiger partial charge in [0.25, 0.3) is 0 Å². The Balaban J connectivity index is 2.48. The molecule has 0 saturated heterocycles. The molecule has 1 aliphatic carbocycles. The highest BCUT2D eigenvalue weighted by Crippen LogP contribution is 2.47. The van der Waals surface area contributed by atoms with Gasteiger partial charge in [-0.1, -0.05) is 154 Å². The number of phosphoric ester groups is 1. The van der Waals surface area contributed by atoms with Crippen LogP contribution in [0.5, 0.6) is 0 Å². The van der Waals surface area contributed by atoms with Crippen molar-refractivity contribution in [1.29, 1.82) is 0 Å². The third-order valence-corrected chi connectivity index (χ3v) is 11.6. The highest BCUT2D eigenvalue weighted by atomic mass is 31.2. The summed E-state index contributed by atoms with van der Waals surface area (Å²) in [7, 11) is -5.11. The van der Waals surface area contributed by atoms with Crippen LogP contribution >= 0.6 is 7.82 Å². The van der Waals surface area contributed by atoms with Gasteiger partial charge in [-0.15, -0.1) is 0 Å². The number of carbonyl (C=O) groups excluding carboxylic acids is 2. The molecule has 0 aromatic heterocycles. The first-order valence-electron chi connectivity index (χ1n) is 22.5. The lowest BCUT2D eigenvalue weighted by Crippen LogP contribution is -2.64. The number of aliphatic hydroxyl groups is 5. The molecule has 1 aliphatic rings. The lowest BCUT2D eigenvalue weighted by molar-refractivity contribution is -0.220. The van der Waals surface area contributed by atoms with Crippen molar-refractivity contribution in [3.05, 3.63) is 12.2 Å². The molecule has 0 radical (unpaired) electrons. The second kappa shape index (κ2) is 34.3. The van der Waals surface area contributed by atoms with E-state index in [0.29, 0.717) is 12.8 Å². The van der Waals surface area contributed by atoms with Crippen molar-refractivity contribution in [2.75, 3.05) is 13.2 Å². The topological polar surface area (TPSA) is 210 Å². The van der Waals surface area contributed by atoms with Crippen molar-refractivity contribution in [3.8, 4) is 0 Å². The van der Waals surface area contributed by atoms with Gasteiger partial charge >= 0.3 is 19.8 Å². The monoisotopic (exact) mass is 837 g/mol. The molecule has 6 unspecified atom stereocenters. The van der Waals surface area contributed by atoms with Crippen LogP contribution in [0.15, 0.2) is 12.2 Å². The molecule has 336 valence electrons. The SMILES string of the molecule is CCCCCCCCC=CCCCCCCCC(=O)OC(COC(=O)CCCCCCCCCCCCCCC)COP(=O)(O)OC1C(O)C(O)C(O)C(O)C1O. The van der Waals surface area contributed by atoms with Gasteiger partial charge in [0.05, 0.1) is 6.61 Å². The summed E-state index contributed by atoms with van der Waals surface area (Å²) in [5, 5.41) is 50.1. The van der Waals surface area contributed by atoms with Crippen molar-refractivity contribution in [3.63, 3.8) is 0 Å². The van der Waals surface area contributed by atoms with Crippen molar-refractivity contribution in [2.24, 2.45) is 0 Å². The van der Waals surface area contributed by atoms with E-state index in [9.17, 15) is 44.6 Å². The molecule has 1 saturated carbocycles. The fourth-order valence-electron chi connectivity index (χ4n) is 6.93. The predicted molar refractivity (Wildman–Crippen MR) is 221 cm³/mol. The van der Waals surface area contributed by atoms with Gasteiger partial charge in [-0.05, 0) is 38.5 Å². The number of aliphatic hydroxyl groups excluding tert-OH is 5. The number of rotatable bonds is 37. The first kappa shape index (κ1) is 53.6. The number of ether oxygens (including phenoxy) is 2. The molecule has 1 fully saturated rings. The van der Waals surface area contributed by atoms with Crippen LogP contribution in [0.4, 0.5) is 0 Å². The minimum absolute atomic E-state index is 0.0907. The van der Waals surface area contributed by atoms with Gasteiger partial charge in [-0.3, -0.25) is 18.6 Å². The number of allylic oxidation sites excluding steroid dienone is 2. The highest BCUT2D eigenvalue weighted by molar-refractivity contribution is 7.47. The summed E-state index contributed by atoms with van der Waals surface area (Å²) in [5.41, 5.74) is 0. The van der Waals surface area contributed by atoms with E-state index in [1.165, 1.54) is 96.3 Å². The molecule has 0 aromatic carbocycles. The van der Waals surface area contributed by atoms with Gasteiger partial charge < -0.3 is 39.9 Å². The molecule has 0 bridgehead atoms. The molecule has 13 nitrogen and oxygen atoms in total. The van der Waals surface area contributed by atoms with Crippen molar-refractivity contribution in [1.82, 2.24) is 0 Å². The Hall–Kier alpha value is -1.41. The summed E-state index contributed by atoms with van der Waals surface area (Å²) in [4.78, 5) is 35.6. The van der Waals surface area contributed by atoms with E-state index in [1.54, 1.807) is 0 Å². The lowest BCUT2D eigenvalue weighted by atomic mass is 9.85. The predicted octanol–water partition coefficient (Wildman–Crippen LogP) is 8.28. The van der Waals surface area contributed by atoms with Crippen molar-refractivity contribution < 1.29 is 63.1 Å². The van der Waals surface area contributed by atoms with Crippen molar-refractivity contribution in [2.45, 2.75) is 236 Å². The zero-order valence-electron chi connectivity index (χ0n) is 35.4. The highest BCUT2D eigenvalue weighted by Gasteiger charge is 2.51. The average Bonchev–Trinajstić information content (AvgIpc) is 3.19. The minimum atomic E-state index is -5.11.